The molecule has 0 radical (unpaired) electrons. The SMILES string of the molecule is CC(C)(CC(=O)O)CC(=O)NC1CCN(C(C)(C)C)CC1. The van der Waals surface area contributed by atoms with Gasteiger partial charge in [0.15, 0.2) is 0 Å². The molecule has 0 unspecified atom stereocenters. The number of likely N-dealkylation sites (tertiary alicyclic amines) is 1. The second kappa shape index (κ2) is 6.77. The summed E-state index contributed by atoms with van der Waals surface area (Å²) in [6.45, 7) is 12.3. The summed E-state index contributed by atoms with van der Waals surface area (Å²) in [6.07, 6.45) is 2.20. The molecule has 0 spiro atoms. The highest BCUT2D eigenvalue weighted by atomic mass is 16.4. The van der Waals surface area contributed by atoms with Crippen molar-refractivity contribution in [3.63, 3.8) is 0 Å². The second-order valence-corrected chi connectivity index (χ2v) is 7.91. The minimum Gasteiger partial charge on any atom is -0.481 e. The zero-order valence-corrected chi connectivity index (χ0v) is 14.0. The van der Waals surface area contributed by atoms with Gasteiger partial charge in [0.1, 0.15) is 0 Å². The number of carboxylic acids is 1. The molecular weight excluding hydrogens is 268 g/mol. The average molecular weight is 298 g/mol. The van der Waals surface area contributed by atoms with Crippen LogP contribution in [-0.4, -0.2) is 46.6 Å². The number of carbonyl (C=O) groups is 2. The van der Waals surface area contributed by atoms with Crippen molar-refractivity contribution in [2.45, 2.75) is 71.9 Å². The standard InChI is InChI=1S/C16H30N2O3/c1-15(2,3)18-8-6-12(7-9-18)17-13(19)10-16(4,5)11-14(20)21/h12H,6-11H2,1-5H3,(H,17,19)(H,20,21). The molecule has 0 aromatic carbocycles. The summed E-state index contributed by atoms with van der Waals surface area (Å²) in [6, 6.07) is 0.219. The van der Waals surface area contributed by atoms with Crippen LogP contribution in [0.3, 0.4) is 0 Å². The molecule has 122 valence electrons. The molecule has 0 bridgehead atoms. The molecule has 0 aliphatic carbocycles. The van der Waals surface area contributed by atoms with Crippen LogP contribution in [0, 0.1) is 5.41 Å². The topological polar surface area (TPSA) is 69.6 Å². The predicted molar refractivity (Wildman–Crippen MR) is 83.1 cm³/mol. The maximum atomic E-state index is 12.1. The van der Waals surface area contributed by atoms with Gasteiger partial charge in [0.05, 0.1) is 6.42 Å². The van der Waals surface area contributed by atoms with Crippen LogP contribution in [0.25, 0.3) is 0 Å². The number of carbonyl (C=O) groups excluding carboxylic acids is 1. The molecule has 1 rings (SSSR count). The van der Waals surface area contributed by atoms with Crippen molar-refractivity contribution in [1.29, 1.82) is 0 Å². The van der Waals surface area contributed by atoms with Gasteiger partial charge >= 0.3 is 5.97 Å². The summed E-state index contributed by atoms with van der Waals surface area (Å²) in [5.74, 6) is -0.887. The van der Waals surface area contributed by atoms with Crippen molar-refractivity contribution in [3.05, 3.63) is 0 Å². The maximum absolute atomic E-state index is 12.1. The molecule has 1 aliphatic rings. The fourth-order valence-corrected chi connectivity index (χ4v) is 2.88. The molecule has 0 aromatic rings. The van der Waals surface area contributed by atoms with Crippen LogP contribution in [0.1, 0.15) is 60.3 Å². The predicted octanol–water partition coefficient (Wildman–Crippen LogP) is 2.26. The smallest absolute Gasteiger partial charge is 0.303 e. The molecule has 1 saturated heterocycles. The molecule has 1 heterocycles. The molecular formula is C16H30N2O3. The van der Waals surface area contributed by atoms with Gasteiger partial charge in [-0.1, -0.05) is 13.8 Å². The van der Waals surface area contributed by atoms with Gasteiger partial charge < -0.3 is 10.4 Å². The van der Waals surface area contributed by atoms with Crippen molar-refractivity contribution in [2.75, 3.05) is 13.1 Å². The summed E-state index contributed by atoms with van der Waals surface area (Å²) in [4.78, 5) is 25.3. The number of hydrogen-bond acceptors (Lipinski definition) is 3. The molecule has 1 amide bonds. The summed E-state index contributed by atoms with van der Waals surface area (Å²) in [5, 5.41) is 11.9. The summed E-state index contributed by atoms with van der Waals surface area (Å²) >= 11 is 0. The molecule has 5 heteroatoms. The normalized spacial score (nSPS) is 18.5. The van der Waals surface area contributed by atoms with E-state index >= 15 is 0 Å². The molecule has 0 aromatic heterocycles. The zero-order chi connectivity index (χ0) is 16.3. The van der Waals surface area contributed by atoms with Gasteiger partial charge in [-0.15, -0.1) is 0 Å². The van der Waals surface area contributed by atoms with Crippen molar-refractivity contribution in [3.8, 4) is 0 Å². The van der Waals surface area contributed by atoms with Gasteiger partial charge in [0, 0.05) is 31.1 Å². The lowest BCUT2D eigenvalue weighted by Gasteiger charge is -2.41. The highest BCUT2D eigenvalue weighted by molar-refractivity contribution is 5.78. The van der Waals surface area contributed by atoms with E-state index in [1.807, 2.05) is 13.8 Å². The molecule has 0 atom stereocenters. The van der Waals surface area contributed by atoms with Gasteiger partial charge in [-0.3, -0.25) is 14.5 Å². The summed E-state index contributed by atoms with van der Waals surface area (Å²) in [7, 11) is 0. The maximum Gasteiger partial charge on any atom is 0.303 e. The zero-order valence-electron chi connectivity index (χ0n) is 14.0. The second-order valence-electron chi connectivity index (χ2n) is 7.91. The van der Waals surface area contributed by atoms with Crippen LogP contribution in [0.2, 0.25) is 0 Å². The van der Waals surface area contributed by atoms with Gasteiger partial charge in [-0.25, -0.2) is 0 Å². The molecule has 1 fully saturated rings. The lowest BCUT2D eigenvalue weighted by molar-refractivity contribution is -0.139. The Morgan fingerprint density at radius 1 is 1.10 bits per heavy atom. The number of aliphatic carboxylic acids is 1. The Kier molecular flexibility index (Phi) is 5.79. The number of nitrogens with zero attached hydrogens (tertiary/aromatic N) is 1. The van der Waals surface area contributed by atoms with Crippen molar-refractivity contribution >= 4 is 11.9 Å². The van der Waals surface area contributed by atoms with Crippen LogP contribution in [0.15, 0.2) is 0 Å². The Hall–Kier alpha value is -1.10. The van der Waals surface area contributed by atoms with Gasteiger partial charge in [-0.2, -0.15) is 0 Å². The fraction of sp³-hybridized carbons (Fsp3) is 0.875. The van der Waals surface area contributed by atoms with Crippen LogP contribution in [0.5, 0.6) is 0 Å². The monoisotopic (exact) mass is 298 g/mol. The highest BCUT2D eigenvalue weighted by Crippen LogP contribution is 2.25. The third-order valence-electron chi connectivity index (χ3n) is 4.08. The Labute approximate surface area is 128 Å². The van der Waals surface area contributed by atoms with E-state index in [0.717, 1.165) is 25.9 Å². The minimum absolute atomic E-state index is 0.0168. The quantitative estimate of drug-likeness (QED) is 0.817. The van der Waals surface area contributed by atoms with E-state index in [2.05, 4.69) is 31.0 Å². The van der Waals surface area contributed by atoms with E-state index in [-0.39, 0.29) is 30.3 Å². The first kappa shape index (κ1) is 18.0. The third-order valence-corrected chi connectivity index (χ3v) is 4.08. The third kappa shape index (κ3) is 6.46. The Balaban J connectivity index is 2.39. The highest BCUT2D eigenvalue weighted by Gasteiger charge is 2.29. The van der Waals surface area contributed by atoms with Crippen LogP contribution in [0.4, 0.5) is 0 Å². The van der Waals surface area contributed by atoms with Crippen molar-refractivity contribution < 1.29 is 14.7 Å². The average Bonchev–Trinajstić information content (AvgIpc) is 2.25. The number of amides is 1. The van der Waals surface area contributed by atoms with Crippen molar-refractivity contribution in [1.82, 2.24) is 10.2 Å². The van der Waals surface area contributed by atoms with Gasteiger partial charge in [-0.05, 0) is 39.0 Å². The number of nitrogens with one attached hydrogen (secondary N) is 1. The van der Waals surface area contributed by atoms with E-state index < -0.39 is 11.4 Å². The minimum atomic E-state index is -0.855. The van der Waals surface area contributed by atoms with Crippen LogP contribution >= 0.6 is 0 Å². The number of piperidine rings is 1. The molecule has 21 heavy (non-hydrogen) atoms. The van der Waals surface area contributed by atoms with E-state index in [4.69, 9.17) is 5.11 Å². The van der Waals surface area contributed by atoms with E-state index in [1.165, 1.54) is 0 Å². The summed E-state index contributed by atoms with van der Waals surface area (Å²) < 4.78 is 0. The first-order chi connectivity index (χ1) is 9.49. The first-order valence-corrected chi connectivity index (χ1v) is 7.76. The largest absolute Gasteiger partial charge is 0.481 e. The van der Waals surface area contributed by atoms with Gasteiger partial charge in [0.25, 0.3) is 0 Å². The van der Waals surface area contributed by atoms with Crippen LogP contribution in [-0.2, 0) is 9.59 Å². The van der Waals surface area contributed by atoms with E-state index in [0.29, 0.717) is 0 Å². The van der Waals surface area contributed by atoms with E-state index in [1.54, 1.807) is 0 Å². The molecule has 0 saturated carbocycles. The van der Waals surface area contributed by atoms with E-state index in [9.17, 15) is 9.59 Å². The molecule has 2 N–H and O–H groups in total. The molecule has 5 nitrogen and oxygen atoms in total. The number of rotatable bonds is 5. The fourth-order valence-electron chi connectivity index (χ4n) is 2.88. The van der Waals surface area contributed by atoms with Gasteiger partial charge in [0.2, 0.25) is 5.91 Å². The number of carboxylic acid groups (broad SMARTS) is 1. The Morgan fingerprint density at radius 2 is 1.62 bits per heavy atom. The van der Waals surface area contributed by atoms with Crippen molar-refractivity contribution in [2.24, 2.45) is 5.41 Å². The summed E-state index contributed by atoms with van der Waals surface area (Å²) in [5.41, 5.74) is -0.319. The molecule has 1 aliphatic heterocycles. The first-order valence-electron chi connectivity index (χ1n) is 7.76. The number of hydrogen-bond donors (Lipinski definition) is 2. The van der Waals surface area contributed by atoms with Crippen LogP contribution < -0.4 is 5.32 Å². The Bertz CT molecular complexity index is 377. The lowest BCUT2D eigenvalue weighted by atomic mass is 9.85. The lowest BCUT2D eigenvalue weighted by Crippen LogP contribution is -2.51. The Morgan fingerprint density at radius 3 is 2.05 bits per heavy atom.